The van der Waals surface area contributed by atoms with Gasteiger partial charge in [-0.05, 0) is 31.7 Å². The van der Waals surface area contributed by atoms with Crippen molar-refractivity contribution in [3.8, 4) is 0 Å². The molecule has 0 bridgehead atoms. The van der Waals surface area contributed by atoms with E-state index in [1.165, 1.54) is 0 Å². The molecule has 6 heteroatoms. The molecule has 6 nitrogen and oxygen atoms in total. The van der Waals surface area contributed by atoms with Gasteiger partial charge in [-0.1, -0.05) is 56.0 Å². The van der Waals surface area contributed by atoms with Crippen LogP contribution < -0.4 is 10.6 Å². The van der Waals surface area contributed by atoms with Crippen molar-refractivity contribution in [1.29, 1.82) is 0 Å². The average Bonchev–Trinajstić information content (AvgIpc) is 2.85. The summed E-state index contributed by atoms with van der Waals surface area (Å²) in [4.78, 5) is 38.6. The molecule has 1 unspecified atom stereocenters. The van der Waals surface area contributed by atoms with Crippen molar-refractivity contribution in [2.45, 2.75) is 64.0 Å². The molecular weight excluding hydrogens is 330 g/mol. The van der Waals surface area contributed by atoms with Gasteiger partial charge in [-0.25, -0.2) is 4.79 Å². The zero-order valence-corrected chi connectivity index (χ0v) is 15.5. The second-order valence-electron chi connectivity index (χ2n) is 7.40. The first-order valence-corrected chi connectivity index (χ1v) is 9.45. The van der Waals surface area contributed by atoms with Crippen LogP contribution in [0.5, 0.6) is 0 Å². The Kier molecular flexibility index (Phi) is 5.30. The molecule has 140 valence electrons. The second-order valence-corrected chi connectivity index (χ2v) is 7.40. The molecular formula is C20H27N3O3. The average molecular weight is 357 g/mol. The summed E-state index contributed by atoms with van der Waals surface area (Å²) >= 11 is 0. The van der Waals surface area contributed by atoms with Crippen molar-refractivity contribution in [1.82, 2.24) is 15.5 Å². The summed E-state index contributed by atoms with van der Waals surface area (Å²) in [5.74, 6) is -0.561. The van der Waals surface area contributed by atoms with Gasteiger partial charge in [0.2, 0.25) is 5.91 Å². The molecule has 1 spiro atoms. The van der Waals surface area contributed by atoms with E-state index >= 15 is 0 Å². The van der Waals surface area contributed by atoms with E-state index < -0.39 is 11.6 Å². The number of carbonyl (C=O) groups is 3. The van der Waals surface area contributed by atoms with Crippen LogP contribution in [-0.2, 0) is 9.59 Å². The number of hydrogen-bond donors (Lipinski definition) is 2. The molecule has 1 heterocycles. The number of amides is 4. The van der Waals surface area contributed by atoms with E-state index in [9.17, 15) is 14.4 Å². The van der Waals surface area contributed by atoms with Gasteiger partial charge in [-0.2, -0.15) is 0 Å². The molecule has 1 saturated carbocycles. The third-order valence-corrected chi connectivity index (χ3v) is 5.48. The Bertz CT molecular complexity index is 693. The van der Waals surface area contributed by atoms with Crippen molar-refractivity contribution in [2.75, 3.05) is 6.54 Å². The molecule has 2 N–H and O–H groups in total. The molecule has 2 aliphatic rings. The van der Waals surface area contributed by atoms with Gasteiger partial charge in [0.05, 0.1) is 6.04 Å². The number of aryl methyl sites for hydroxylation is 1. The fourth-order valence-corrected chi connectivity index (χ4v) is 3.92. The smallest absolute Gasteiger partial charge is 0.325 e. The summed E-state index contributed by atoms with van der Waals surface area (Å²) in [6.07, 6.45) is 5.00. The van der Waals surface area contributed by atoms with E-state index in [1.54, 1.807) is 0 Å². The molecule has 0 aromatic heterocycles. The Hall–Kier alpha value is -2.37. The predicted molar refractivity (Wildman–Crippen MR) is 98.4 cm³/mol. The van der Waals surface area contributed by atoms with Gasteiger partial charge >= 0.3 is 6.03 Å². The Balaban J connectivity index is 1.64. The normalized spacial score (nSPS) is 20.2. The van der Waals surface area contributed by atoms with Gasteiger partial charge in [0.25, 0.3) is 5.91 Å². The molecule has 0 radical (unpaired) electrons. The van der Waals surface area contributed by atoms with Gasteiger partial charge in [0.15, 0.2) is 0 Å². The maximum atomic E-state index is 12.8. The van der Waals surface area contributed by atoms with Crippen LogP contribution in [0.4, 0.5) is 4.79 Å². The monoisotopic (exact) mass is 357 g/mol. The number of imide groups is 1. The number of rotatable bonds is 5. The molecule has 1 atom stereocenters. The first-order valence-electron chi connectivity index (χ1n) is 9.45. The van der Waals surface area contributed by atoms with Gasteiger partial charge in [-0.15, -0.1) is 0 Å². The molecule has 1 aliphatic carbocycles. The van der Waals surface area contributed by atoms with E-state index in [-0.39, 0.29) is 24.4 Å². The SMILES string of the molecule is CCC(NC(=O)CN1C(=O)NC2(CCCCC2)C1=O)c1ccc(C)cc1. The first-order chi connectivity index (χ1) is 12.4. The minimum absolute atomic E-state index is 0.132. The number of carbonyl (C=O) groups excluding carboxylic acids is 3. The summed E-state index contributed by atoms with van der Waals surface area (Å²) in [7, 11) is 0. The maximum absolute atomic E-state index is 12.8. The van der Waals surface area contributed by atoms with E-state index in [4.69, 9.17) is 0 Å². The predicted octanol–water partition coefficient (Wildman–Crippen LogP) is 2.82. The number of nitrogens with zero attached hydrogens (tertiary/aromatic N) is 1. The molecule has 3 rings (SSSR count). The van der Waals surface area contributed by atoms with Crippen molar-refractivity contribution in [3.63, 3.8) is 0 Å². The Morgan fingerprint density at radius 2 is 1.85 bits per heavy atom. The van der Waals surface area contributed by atoms with Gasteiger partial charge in [0, 0.05) is 0 Å². The number of nitrogens with one attached hydrogen (secondary N) is 2. The fraction of sp³-hybridized carbons (Fsp3) is 0.550. The highest BCUT2D eigenvalue weighted by Crippen LogP contribution is 2.33. The minimum Gasteiger partial charge on any atom is -0.348 e. The van der Waals surface area contributed by atoms with Crippen molar-refractivity contribution in [2.24, 2.45) is 0 Å². The van der Waals surface area contributed by atoms with Crippen LogP contribution in [-0.4, -0.2) is 34.8 Å². The molecule has 1 saturated heterocycles. The highest BCUT2D eigenvalue weighted by Gasteiger charge is 2.51. The van der Waals surface area contributed by atoms with E-state index in [2.05, 4.69) is 10.6 Å². The van der Waals surface area contributed by atoms with Crippen LogP contribution in [0.15, 0.2) is 24.3 Å². The Morgan fingerprint density at radius 1 is 1.19 bits per heavy atom. The fourth-order valence-electron chi connectivity index (χ4n) is 3.92. The lowest BCUT2D eigenvalue weighted by Gasteiger charge is -2.30. The standard InChI is InChI=1S/C20H27N3O3/c1-3-16(15-9-7-14(2)8-10-15)21-17(24)13-23-18(25)20(22-19(23)26)11-5-4-6-12-20/h7-10,16H,3-6,11-13H2,1-2H3,(H,21,24)(H,22,26). The van der Waals surface area contributed by atoms with Crippen LogP contribution in [0, 0.1) is 6.92 Å². The number of hydrogen-bond acceptors (Lipinski definition) is 3. The maximum Gasteiger partial charge on any atom is 0.325 e. The molecule has 1 aromatic rings. The quantitative estimate of drug-likeness (QED) is 0.796. The highest BCUT2D eigenvalue weighted by molar-refractivity contribution is 6.09. The van der Waals surface area contributed by atoms with E-state index in [0.29, 0.717) is 12.8 Å². The second kappa shape index (κ2) is 7.48. The summed E-state index contributed by atoms with van der Waals surface area (Å²) < 4.78 is 0. The van der Waals surface area contributed by atoms with Gasteiger partial charge < -0.3 is 10.6 Å². The van der Waals surface area contributed by atoms with Crippen molar-refractivity contribution < 1.29 is 14.4 Å². The summed E-state index contributed by atoms with van der Waals surface area (Å²) in [6.45, 7) is 3.78. The topological polar surface area (TPSA) is 78.5 Å². The number of urea groups is 1. The Labute approximate surface area is 154 Å². The lowest BCUT2D eigenvalue weighted by molar-refractivity contribution is -0.136. The molecule has 4 amide bonds. The lowest BCUT2D eigenvalue weighted by atomic mass is 9.82. The summed E-state index contributed by atoms with van der Waals surface area (Å²) in [6, 6.07) is 7.43. The van der Waals surface area contributed by atoms with Crippen LogP contribution in [0.2, 0.25) is 0 Å². The Morgan fingerprint density at radius 3 is 2.46 bits per heavy atom. The summed E-state index contributed by atoms with van der Waals surface area (Å²) in [5.41, 5.74) is 1.40. The zero-order valence-electron chi connectivity index (χ0n) is 15.5. The van der Waals surface area contributed by atoms with Gasteiger partial charge in [-0.3, -0.25) is 14.5 Å². The molecule has 2 fully saturated rings. The lowest BCUT2D eigenvalue weighted by Crippen LogP contribution is -2.49. The molecule has 1 aliphatic heterocycles. The van der Waals surface area contributed by atoms with Crippen LogP contribution in [0.3, 0.4) is 0 Å². The molecule has 26 heavy (non-hydrogen) atoms. The third-order valence-electron chi connectivity index (χ3n) is 5.48. The van der Waals surface area contributed by atoms with Crippen LogP contribution >= 0.6 is 0 Å². The minimum atomic E-state index is -0.781. The largest absolute Gasteiger partial charge is 0.348 e. The van der Waals surface area contributed by atoms with Crippen molar-refractivity contribution >= 4 is 17.8 Å². The first kappa shape index (κ1) is 18.4. The number of benzene rings is 1. The van der Waals surface area contributed by atoms with Crippen LogP contribution in [0.25, 0.3) is 0 Å². The van der Waals surface area contributed by atoms with E-state index in [0.717, 1.165) is 41.7 Å². The third kappa shape index (κ3) is 3.59. The molecule has 1 aromatic carbocycles. The van der Waals surface area contributed by atoms with Crippen molar-refractivity contribution in [3.05, 3.63) is 35.4 Å². The van der Waals surface area contributed by atoms with Crippen LogP contribution in [0.1, 0.15) is 62.6 Å². The highest BCUT2D eigenvalue weighted by atomic mass is 16.2. The van der Waals surface area contributed by atoms with E-state index in [1.807, 2.05) is 38.1 Å². The zero-order chi connectivity index (χ0) is 18.7. The van der Waals surface area contributed by atoms with Gasteiger partial charge in [0.1, 0.15) is 12.1 Å². The summed E-state index contributed by atoms with van der Waals surface area (Å²) in [5, 5.41) is 5.79.